The normalized spacial score (nSPS) is 12.9. The van der Waals surface area contributed by atoms with Crippen LogP contribution in [-0.2, 0) is 5.58 Å². The van der Waals surface area contributed by atoms with Crippen LogP contribution >= 0.6 is 0 Å². The van der Waals surface area contributed by atoms with Crippen LogP contribution in [0.2, 0.25) is 31.5 Å². The summed E-state index contributed by atoms with van der Waals surface area (Å²) in [5.74, 6) is 0. The van der Waals surface area contributed by atoms with Crippen molar-refractivity contribution in [2.45, 2.75) is 73.1 Å². The molecule has 0 atom stereocenters. The van der Waals surface area contributed by atoms with Crippen LogP contribution in [-0.4, -0.2) is 41.1 Å². The summed E-state index contributed by atoms with van der Waals surface area (Å²) in [6, 6.07) is 22.1. The molecule has 0 aromatic heterocycles. The van der Waals surface area contributed by atoms with Crippen molar-refractivity contribution < 1.29 is 5.58 Å². The first-order valence-corrected chi connectivity index (χ1v) is 25.9. The van der Waals surface area contributed by atoms with Crippen molar-refractivity contribution in [2.24, 2.45) is 0 Å². The third-order valence-electron chi connectivity index (χ3n) is 6.89. The van der Waals surface area contributed by atoms with E-state index in [-0.39, 0.29) is 0 Å². The summed E-state index contributed by atoms with van der Waals surface area (Å²) in [6.45, 7) is 14.1. The summed E-state index contributed by atoms with van der Waals surface area (Å²) in [5, 5.41) is 7.21. The molecule has 0 unspecified atom stereocenters. The van der Waals surface area contributed by atoms with Gasteiger partial charge < -0.3 is 0 Å². The molecule has 0 saturated heterocycles. The molecule has 0 aliphatic carbocycles. The van der Waals surface area contributed by atoms with Crippen LogP contribution in [0.3, 0.4) is 0 Å². The molecule has 0 saturated carbocycles. The predicted molar refractivity (Wildman–Crippen MR) is 134 cm³/mol. The Balaban J connectivity index is 2.78. The third kappa shape index (κ3) is 5.62. The molecule has 29 heavy (non-hydrogen) atoms. The Morgan fingerprint density at radius 1 is 0.483 bits per heavy atom. The van der Waals surface area contributed by atoms with Gasteiger partial charge in [-0.1, -0.05) is 0 Å². The summed E-state index contributed by atoms with van der Waals surface area (Å²) in [4.78, 5) is 0. The van der Waals surface area contributed by atoms with Gasteiger partial charge in [-0.15, -0.1) is 0 Å². The summed E-state index contributed by atoms with van der Waals surface area (Å²) in [6.07, 6.45) is 0. The number of rotatable bonds is 12. The molecule has 2 nitrogen and oxygen atoms in total. The van der Waals surface area contributed by atoms with Crippen LogP contribution in [0.1, 0.15) is 41.5 Å². The molecule has 0 heterocycles. The molecule has 0 aliphatic rings. The van der Waals surface area contributed by atoms with Gasteiger partial charge in [0.25, 0.3) is 0 Å². The Labute approximate surface area is 188 Å². The predicted octanol–water partition coefficient (Wildman–Crippen LogP) is 6.29. The molecule has 160 valence electrons. The molecular formula is C24H40Ge3O2. The van der Waals surface area contributed by atoms with Crippen LogP contribution in [0, 0.1) is 0 Å². The topological polar surface area (TPSA) is 18.5 Å². The average Bonchev–Trinajstić information content (AvgIpc) is 2.81. The molecule has 5 heteroatoms. The van der Waals surface area contributed by atoms with Crippen LogP contribution in [0.25, 0.3) is 0 Å². The molecule has 0 aliphatic heterocycles. The first kappa shape index (κ1) is 25.3. The molecule has 0 spiro atoms. The van der Waals surface area contributed by atoms with Gasteiger partial charge in [-0.3, -0.25) is 0 Å². The number of hydrogen-bond acceptors (Lipinski definition) is 2. The molecule has 0 radical (unpaired) electrons. The van der Waals surface area contributed by atoms with Gasteiger partial charge in [0.05, 0.1) is 0 Å². The van der Waals surface area contributed by atoms with Crippen LogP contribution < -0.4 is 8.79 Å². The van der Waals surface area contributed by atoms with E-state index in [9.17, 15) is 0 Å². The summed E-state index contributed by atoms with van der Waals surface area (Å²) in [7, 11) is 0. The Bertz CT molecular complexity index is 633. The van der Waals surface area contributed by atoms with Gasteiger partial charge in [0, 0.05) is 0 Å². The monoisotopic (exact) mass is 582 g/mol. The zero-order valence-corrected chi connectivity index (χ0v) is 25.6. The van der Waals surface area contributed by atoms with Crippen LogP contribution in [0.4, 0.5) is 0 Å². The molecule has 0 amide bonds. The van der Waals surface area contributed by atoms with E-state index in [0.29, 0.717) is 0 Å². The van der Waals surface area contributed by atoms with Crippen molar-refractivity contribution in [1.29, 1.82) is 0 Å². The minimum absolute atomic E-state index is 1.20. The fraction of sp³-hybridized carbons (Fsp3) is 0.500. The van der Waals surface area contributed by atoms with Crippen molar-refractivity contribution in [3.05, 3.63) is 60.7 Å². The van der Waals surface area contributed by atoms with E-state index < -0.39 is 41.1 Å². The first-order chi connectivity index (χ1) is 14.0. The van der Waals surface area contributed by atoms with E-state index in [4.69, 9.17) is 5.58 Å². The van der Waals surface area contributed by atoms with Gasteiger partial charge in [0.1, 0.15) is 0 Å². The van der Waals surface area contributed by atoms with Gasteiger partial charge in [-0.2, -0.15) is 0 Å². The Morgan fingerprint density at radius 3 is 1.00 bits per heavy atom. The summed E-state index contributed by atoms with van der Waals surface area (Å²) < 4.78 is 17.9. The van der Waals surface area contributed by atoms with Crippen molar-refractivity contribution in [1.82, 2.24) is 0 Å². The summed E-state index contributed by atoms with van der Waals surface area (Å²) in [5.41, 5.74) is 0. The molecule has 2 aromatic carbocycles. The molecule has 2 aromatic rings. The fourth-order valence-corrected chi connectivity index (χ4v) is 50.1. The Kier molecular flexibility index (Phi) is 10.1. The molecule has 0 fully saturated rings. The van der Waals surface area contributed by atoms with E-state index in [1.807, 2.05) is 0 Å². The molecule has 0 N–H and O–H groups in total. The van der Waals surface area contributed by atoms with Crippen molar-refractivity contribution in [2.75, 3.05) is 0 Å². The van der Waals surface area contributed by atoms with E-state index in [1.165, 1.54) is 40.3 Å². The standard InChI is InChI=1S/C24H40Ge3O2/c1-7-25(8-2,9-3)28-27(23-19-15-13-16-20-23,24-21-17-14-18-22-24)29-26(10-4,11-5)12-6/h13-22H,7-12H2,1-6H3. The van der Waals surface area contributed by atoms with Gasteiger partial charge >= 0.3 is 189 Å². The molecular weight excluding hydrogens is 538 g/mol. The second kappa shape index (κ2) is 11.6. The third-order valence-corrected chi connectivity index (χ3v) is 46.4. The number of hydrogen-bond donors (Lipinski definition) is 0. The van der Waals surface area contributed by atoms with E-state index >= 15 is 0 Å². The van der Waals surface area contributed by atoms with Gasteiger partial charge in [-0.25, -0.2) is 0 Å². The average molecular weight is 578 g/mol. The first-order valence-electron chi connectivity index (χ1n) is 11.5. The zero-order chi connectivity index (χ0) is 21.4. The van der Waals surface area contributed by atoms with Gasteiger partial charge in [-0.05, 0) is 0 Å². The van der Waals surface area contributed by atoms with Crippen molar-refractivity contribution in [3.8, 4) is 0 Å². The van der Waals surface area contributed by atoms with Crippen LogP contribution in [0.15, 0.2) is 60.7 Å². The molecule has 0 bridgehead atoms. The second-order valence-electron chi connectivity index (χ2n) is 8.04. The van der Waals surface area contributed by atoms with Gasteiger partial charge in [0.15, 0.2) is 0 Å². The minimum atomic E-state index is -3.48. The van der Waals surface area contributed by atoms with Crippen molar-refractivity contribution >= 4 is 49.9 Å². The Morgan fingerprint density at radius 2 is 0.759 bits per heavy atom. The van der Waals surface area contributed by atoms with E-state index in [1.54, 1.807) is 0 Å². The van der Waals surface area contributed by atoms with Crippen molar-refractivity contribution in [3.63, 3.8) is 0 Å². The van der Waals surface area contributed by atoms with E-state index in [0.717, 1.165) is 0 Å². The quantitative estimate of drug-likeness (QED) is 0.276. The van der Waals surface area contributed by atoms with Gasteiger partial charge in [0.2, 0.25) is 0 Å². The van der Waals surface area contributed by atoms with Crippen LogP contribution in [0.5, 0.6) is 0 Å². The number of benzene rings is 2. The van der Waals surface area contributed by atoms with E-state index in [2.05, 4.69) is 102 Å². The zero-order valence-electron chi connectivity index (χ0n) is 19.3. The summed E-state index contributed by atoms with van der Waals surface area (Å²) >= 11 is -8.43. The fourth-order valence-electron chi connectivity index (χ4n) is 4.28. The maximum absolute atomic E-state index is 7.61. The SMILES string of the molecule is C[CH2][Ge]([CH2]C)([CH2]C)[O][Ge]([O][Ge]([CH2]C)([CH2]C)[CH2]C)([c]1ccccc1)[c]1ccccc1. The molecule has 2 rings (SSSR count). The maximum atomic E-state index is 7.61. The Hall–Kier alpha value is -0.0114. The second-order valence-corrected chi connectivity index (χ2v) is 37.2.